The summed E-state index contributed by atoms with van der Waals surface area (Å²) in [5, 5.41) is 2.98. The van der Waals surface area contributed by atoms with E-state index in [1.54, 1.807) is 25.7 Å². The Morgan fingerprint density at radius 1 is 1.15 bits per heavy atom. The SMILES string of the molecule is CCOc1c(N2CCC(c3ccc(CNC(=O)c4cncc(C)c4)cc3)CC2)ccnc1OC. The van der Waals surface area contributed by atoms with E-state index < -0.39 is 0 Å². The number of pyridine rings is 2. The summed E-state index contributed by atoms with van der Waals surface area (Å²) in [6, 6.07) is 12.4. The van der Waals surface area contributed by atoms with Gasteiger partial charge in [0.2, 0.25) is 5.75 Å². The number of anilines is 1. The molecule has 7 nitrogen and oxygen atoms in total. The van der Waals surface area contributed by atoms with Gasteiger partial charge in [0, 0.05) is 38.2 Å². The van der Waals surface area contributed by atoms with E-state index in [1.165, 1.54) is 5.56 Å². The molecule has 0 unspecified atom stereocenters. The van der Waals surface area contributed by atoms with E-state index in [0.717, 1.165) is 48.5 Å². The third-order valence-electron chi connectivity index (χ3n) is 6.21. The number of carbonyl (C=O) groups excluding carboxylic acids is 1. The Hall–Kier alpha value is -3.61. The molecule has 1 amide bonds. The number of piperidine rings is 1. The van der Waals surface area contributed by atoms with Crippen LogP contribution in [-0.4, -0.2) is 42.7 Å². The van der Waals surface area contributed by atoms with Crippen LogP contribution in [-0.2, 0) is 6.54 Å². The molecule has 0 saturated carbocycles. The Balaban J connectivity index is 1.33. The van der Waals surface area contributed by atoms with E-state index >= 15 is 0 Å². The van der Waals surface area contributed by atoms with Gasteiger partial charge in [-0.1, -0.05) is 24.3 Å². The Labute approximate surface area is 201 Å². The summed E-state index contributed by atoms with van der Waals surface area (Å²) in [7, 11) is 1.62. The molecule has 1 aliphatic rings. The summed E-state index contributed by atoms with van der Waals surface area (Å²) < 4.78 is 11.3. The average molecular weight is 461 g/mol. The van der Waals surface area contributed by atoms with Crippen LogP contribution in [0.3, 0.4) is 0 Å². The predicted molar refractivity (Wildman–Crippen MR) is 133 cm³/mol. The van der Waals surface area contributed by atoms with Gasteiger partial charge in [-0.15, -0.1) is 0 Å². The Morgan fingerprint density at radius 2 is 1.91 bits per heavy atom. The number of carbonyl (C=O) groups is 1. The van der Waals surface area contributed by atoms with Gasteiger partial charge < -0.3 is 19.7 Å². The van der Waals surface area contributed by atoms with Crippen LogP contribution in [0.2, 0.25) is 0 Å². The monoisotopic (exact) mass is 460 g/mol. The molecule has 1 aliphatic heterocycles. The molecule has 3 aromatic rings. The number of amides is 1. The van der Waals surface area contributed by atoms with Crippen molar-refractivity contribution in [2.24, 2.45) is 0 Å². The Bertz CT molecular complexity index is 1110. The average Bonchev–Trinajstić information content (AvgIpc) is 2.88. The van der Waals surface area contributed by atoms with Crippen LogP contribution < -0.4 is 19.7 Å². The lowest BCUT2D eigenvalue weighted by atomic mass is 9.89. The number of rotatable bonds is 8. The highest BCUT2D eigenvalue weighted by Gasteiger charge is 2.24. The van der Waals surface area contributed by atoms with Gasteiger partial charge in [-0.2, -0.15) is 0 Å². The molecule has 3 heterocycles. The van der Waals surface area contributed by atoms with Crippen molar-refractivity contribution in [1.29, 1.82) is 0 Å². The van der Waals surface area contributed by atoms with E-state index in [2.05, 4.69) is 44.5 Å². The van der Waals surface area contributed by atoms with Gasteiger partial charge in [0.05, 0.1) is 25.0 Å². The third-order valence-corrected chi connectivity index (χ3v) is 6.21. The molecular weight excluding hydrogens is 428 g/mol. The number of nitrogens with zero attached hydrogens (tertiary/aromatic N) is 3. The summed E-state index contributed by atoms with van der Waals surface area (Å²) in [5.41, 5.74) is 5.03. The predicted octanol–water partition coefficient (Wildman–Crippen LogP) is 4.51. The van der Waals surface area contributed by atoms with Gasteiger partial charge in [-0.05, 0) is 61.4 Å². The fourth-order valence-corrected chi connectivity index (χ4v) is 4.42. The van der Waals surface area contributed by atoms with Crippen molar-refractivity contribution in [1.82, 2.24) is 15.3 Å². The van der Waals surface area contributed by atoms with Crippen LogP contribution in [0.25, 0.3) is 0 Å². The van der Waals surface area contributed by atoms with E-state index in [0.29, 0.717) is 30.5 Å². The maximum absolute atomic E-state index is 12.4. The van der Waals surface area contributed by atoms with Crippen LogP contribution >= 0.6 is 0 Å². The number of benzene rings is 1. The van der Waals surface area contributed by atoms with Crippen LogP contribution in [0.15, 0.2) is 55.0 Å². The molecule has 2 aromatic heterocycles. The maximum Gasteiger partial charge on any atom is 0.258 e. The fourth-order valence-electron chi connectivity index (χ4n) is 4.42. The zero-order valence-electron chi connectivity index (χ0n) is 20.1. The first kappa shape index (κ1) is 23.5. The van der Waals surface area contributed by atoms with Crippen molar-refractivity contribution < 1.29 is 14.3 Å². The second kappa shape index (κ2) is 11.0. The summed E-state index contributed by atoms with van der Waals surface area (Å²) in [6.07, 6.45) is 7.23. The number of aromatic nitrogens is 2. The minimum absolute atomic E-state index is 0.105. The molecule has 7 heteroatoms. The van der Waals surface area contributed by atoms with Crippen molar-refractivity contribution in [3.63, 3.8) is 0 Å². The summed E-state index contributed by atoms with van der Waals surface area (Å²) in [4.78, 5) is 23.1. The van der Waals surface area contributed by atoms with Crippen molar-refractivity contribution in [3.8, 4) is 11.6 Å². The second-order valence-electron chi connectivity index (χ2n) is 8.54. The first-order valence-electron chi connectivity index (χ1n) is 11.8. The molecule has 1 N–H and O–H groups in total. The molecule has 178 valence electrons. The lowest BCUT2D eigenvalue weighted by Gasteiger charge is -2.34. The Kier molecular flexibility index (Phi) is 7.62. The third kappa shape index (κ3) is 5.47. The standard InChI is InChI=1S/C27H32N4O3/c1-4-34-25-24(9-12-29-27(25)33-3)31-13-10-22(11-14-31)21-7-5-20(6-8-21)17-30-26(32)23-15-19(2)16-28-18-23/h5-9,12,15-16,18,22H,4,10-11,13-14,17H2,1-3H3,(H,30,32). The van der Waals surface area contributed by atoms with Crippen LogP contribution in [0.5, 0.6) is 11.6 Å². The van der Waals surface area contributed by atoms with Crippen LogP contribution in [0.4, 0.5) is 5.69 Å². The van der Waals surface area contributed by atoms with Crippen LogP contribution in [0, 0.1) is 6.92 Å². The minimum atomic E-state index is -0.105. The van der Waals surface area contributed by atoms with Gasteiger partial charge in [0.1, 0.15) is 0 Å². The fraction of sp³-hybridized carbons (Fsp3) is 0.370. The van der Waals surface area contributed by atoms with E-state index in [4.69, 9.17) is 9.47 Å². The lowest BCUT2D eigenvalue weighted by Crippen LogP contribution is -2.33. The van der Waals surface area contributed by atoms with Crippen LogP contribution in [0.1, 0.15) is 52.7 Å². The van der Waals surface area contributed by atoms with Gasteiger partial charge >= 0.3 is 0 Å². The van der Waals surface area contributed by atoms with Gasteiger partial charge in [0.15, 0.2) is 0 Å². The number of aryl methyl sites for hydroxylation is 1. The molecule has 0 atom stereocenters. The molecule has 34 heavy (non-hydrogen) atoms. The zero-order valence-corrected chi connectivity index (χ0v) is 20.1. The first-order valence-corrected chi connectivity index (χ1v) is 11.8. The first-order chi connectivity index (χ1) is 16.6. The van der Waals surface area contributed by atoms with Gasteiger partial charge in [-0.25, -0.2) is 4.98 Å². The molecule has 4 rings (SSSR count). The molecular formula is C27H32N4O3. The summed E-state index contributed by atoms with van der Waals surface area (Å²) in [5.74, 6) is 1.66. The molecule has 1 aromatic carbocycles. The van der Waals surface area contributed by atoms with E-state index in [-0.39, 0.29) is 5.91 Å². The number of hydrogen-bond donors (Lipinski definition) is 1. The zero-order chi connectivity index (χ0) is 23.9. The van der Waals surface area contributed by atoms with E-state index in [1.807, 2.05) is 26.0 Å². The Morgan fingerprint density at radius 3 is 2.59 bits per heavy atom. The maximum atomic E-state index is 12.4. The quantitative estimate of drug-likeness (QED) is 0.533. The van der Waals surface area contributed by atoms with E-state index in [9.17, 15) is 4.79 Å². The highest BCUT2D eigenvalue weighted by atomic mass is 16.5. The summed E-state index contributed by atoms with van der Waals surface area (Å²) >= 11 is 0. The normalized spacial score (nSPS) is 14.0. The molecule has 0 bridgehead atoms. The highest BCUT2D eigenvalue weighted by molar-refractivity contribution is 5.93. The largest absolute Gasteiger partial charge is 0.487 e. The number of ether oxygens (including phenoxy) is 2. The second-order valence-corrected chi connectivity index (χ2v) is 8.54. The van der Waals surface area contributed by atoms with Crippen molar-refractivity contribution in [3.05, 3.63) is 77.2 Å². The molecule has 1 saturated heterocycles. The smallest absolute Gasteiger partial charge is 0.258 e. The molecule has 0 radical (unpaired) electrons. The summed E-state index contributed by atoms with van der Waals surface area (Å²) in [6.45, 7) is 6.85. The van der Waals surface area contributed by atoms with Gasteiger partial charge in [0.25, 0.3) is 11.8 Å². The topological polar surface area (TPSA) is 76.6 Å². The van der Waals surface area contributed by atoms with Crippen molar-refractivity contribution >= 4 is 11.6 Å². The highest BCUT2D eigenvalue weighted by Crippen LogP contribution is 2.39. The lowest BCUT2D eigenvalue weighted by molar-refractivity contribution is 0.0950. The minimum Gasteiger partial charge on any atom is -0.487 e. The molecule has 0 spiro atoms. The van der Waals surface area contributed by atoms with Gasteiger partial charge in [-0.3, -0.25) is 9.78 Å². The molecule has 0 aliphatic carbocycles. The number of hydrogen-bond acceptors (Lipinski definition) is 6. The number of nitrogens with one attached hydrogen (secondary N) is 1. The van der Waals surface area contributed by atoms with Crippen molar-refractivity contribution in [2.75, 3.05) is 31.7 Å². The number of methoxy groups -OCH3 is 1. The molecule has 1 fully saturated rings. The van der Waals surface area contributed by atoms with Crippen molar-refractivity contribution in [2.45, 2.75) is 39.2 Å².